The molecule has 18 heavy (non-hydrogen) atoms. The van der Waals surface area contributed by atoms with Crippen molar-refractivity contribution in [1.29, 1.82) is 0 Å². The van der Waals surface area contributed by atoms with Crippen molar-refractivity contribution in [3.8, 4) is 5.75 Å². The van der Waals surface area contributed by atoms with E-state index in [0.29, 0.717) is 11.2 Å². The molecular weight excluding hydrogens is 234 g/mol. The van der Waals surface area contributed by atoms with E-state index in [0.717, 1.165) is 31.9 Å². The molecule has 0 bridgehead atoms. The fourth-order valence-electron chi connectivity index (χ4n) is 2.66. The van der Waals surface area contributed by atoms with Crippen molar-refractivity contribution in [2.45, 2.75) is 0 Å². The third-order valence-corrected chi connectivity index (χ3v) is 3.78. The van der Waals surface area contributed by atoms with E-state index in [2.05, 4.69) is 10.2 Å². The number of methoxy groups -OCH3 is 1. The van der Waals surface area contributed by atoms with Crippen LogP contribution in [0.3, 0.4) is 0 Å². The second-order valence-corrected chi connectivity index (χ2v) is 5.07. The fourth-order valence-corrected chi connectivity index (χ4v) is 2.66. The van der Waals surface area contributed by atoms with Gasteiger partial charge in [-0.2, -0.15) is 0 Å². The smallest absolute Gasteiger partial charge is 0.311 e. The van der Waals surface area contributed by atoms with Crippen molar-refractivity contribution in [2.24, 2.45) is 5.41 Å². The number of ether oxygens (including phenoxy) is 1. The van der Waals surface area contributed by atoms with Gasteiger partial charge >= 0.3 is 5.69 Å². The minimum atomic E-state index is -0.421. The molecule has 0 unspecified atom stereocenters. The SMILES string of the molecule is COc1cc(N2CC3(CNC3)C2)ccc1[N+](=O)[O-]. The lowest BCUT2D eigenvalue weighted by Gasteiger charge is -2.57. The van der Waals surface area contributed by atoms with Gasteiger partial charge in [-0.15, -0.1) is 0 Å². The van der Waals surface area contributed by atoms with Crippen LogP contribution in [-0.2, 0) is 0 Å². The summed E-state index contributed by atoms with van der Waals surface area (Å²) >= 11 is 0. The van der Waals surface area contributed by atoms with E-state index in [-0.39, 0.29) is 5.69 Å². The monoisotopic (exact) mass is 249 g/mol. The first-order valence-corrected chi connectivity index (χ1v) is 5.92. The number of nitro groups is 1. The van der Waals surface area contributed by atoms with Crippen LogP contribution in [-0.4, -0.2) is 38.2 Å². The summed E-state index contributed by atoms with van der Waals surface area (Å²) in [4.78, 5) is 12.6. The summed E-state index contributed by atoms with van der Waals surface area (Å²) in [5, 5.41) is 14.1. The van der Waals surface area contributed by atoms with Crippen LogP contribution in [0.15, 0.2) is 18.2 Å². The zero-order valence-electron chi connectivity index (χ0n) is 10.2. The van der Waals surface area contributed by atoms with E-state index in [9.17, 15) is 10.1 Å². The zero-order valence-corrected chi connectivity index (χ0v) is 10.2. The Hall–Kier alpha value is -1.82. The third kappa shape index (κ3) is 1.60. The van der Waals surface area contributed by atoms with Crippen molar-refractivity contribution >= 4 is 11.4 Å². The van der Waals surface area contributed by atoms with Crippen molar-refractivity contribution in [2.75, 3.05) is 38.2 Å². The Kier molecular flexibility index (Phi) is 2.41. The summed E-state index contributed by atoms with van der Waals surface area (Å²) in [7, 11) is 1.46. The highest BCUT2D eigenvalue weighted by Gasteiger charge is 2.47. The van der Waals surface area contributed by atoms with Gasteiger partial charge < -0.3 is 15.0 Å². The summed E-state index contributed by atoms with van der Waals surface area (Å²) in [6, 6.07) is 5.05. The first-order valence-electron chi connectivity index (χ1n) is 5.92. The number of nitrogens with zero attached hydrogens (tertiary/aromatic N) is 2. The molecule has 1 aromatic rings. The largest absolute Gasteiger partial charge is 0.490 e. The van der Waals surface area contributed by atoms with E-state index in [1.807, 2.05) is 0 Å². The highest BCUT2D eigenvalue weighted by atomic mass is 16.6. The highest BCUT2D eigenvalue weighted by molar-refractivity contribution is 5.61. The third-order valence-electron chi connectivity index (χ3n) is 3.78. The van der Waals surface area contributed by atoms with E-state index < -0.39 is 4.92 Å². The van der Waals surface area contributed by atoms with Gasteiger partial charge in [0.25, 0.3) is 0 Å². The van der Waals surface area contributed by atoms with Crippen LogP contribution in [0.4, 0.5) is 11.4 Å². The maximum atomic E-state index is 10.8. The van der Waals surface area contributed by atoms with Crippen LogP contribution in [0.1, 0.15) is 0 Å². The molecule has 0 saturated carbocycles. The molecule has 0 aliphatic carbocycles. The predicted octanol–water partition coefficient (Wildman–Crippen LogP) is 1.01. The molecule has 2 saturated heterocycles. The molecule has 3 rings (SSSR count). The van der Waals surface area contributed by atoms with Gasteiger partial charge in [0.2, 0.25) is 0 Å². The molecule has 2 fully saturated rings. The van der Waals surface area contributed by atoms with Gasteiger partial charge in [0.15, 0.2) is 5.75 Å². The summed E-state index contributed by atoms with van der Waals surface area (Å²) < 4.78 is 5.08. The van der Waals surface area contributed by atoms with Gasteiger partial charge in [-0.25, -0.2) is 0 Å². The minimum Gasteiger partial charge on any atom is -0.490 e. The van der Waals surface area contributed by atoms with E-state index in [1.54, 1.807) is 12.1 Å². The van der Waals surface area contributed by atoms with E-state index in [1.165, 1.54) is 13.2 Å². The van der Waals surface area contributed by atoms with E-state index >= 15 is 0 Å². The molecule has 1 aromatic carbocycles. The Balaban J connectivity index is 1.79. The molecule has 2 aliphatic heterocycles. The summed E-state index contributed by atoms with van der Waals surface area (Å²) in [6.45, 7) is 4.18. The summed E-state index contributed by atoms with van der Waals surface area (Å²) in [5.41, 5.74) is 1.45. The maximum absolute atomic E-state index is 10.8. The Morgan fingerprint density at radius 1 is 1.44 bits per heavy atom. The molecule has 6 nitrogen and oxygen atoms in total. The van der Waals surface area contributed by atoms with Gasteiger partial charge in [0, 0.05) is 49.4 Å². The van der Waals surface area contributed by atoms with Crippen molar-refractivity contribution < 1.29 is 9.66 Å². The first kappa shape index (κ1) is 11.3. The molecule has 0 radical (unpaired) electrons. The molecule has 96 valence electrons. The number of rotatable bonds is 3. The van der Waals surface area contributed by atoms with Gasteiger partial charge in [0.05, 0.1) is 12.0 Å². The molecule has 1 spiro atoms. The molecule has 2 heterocycles. The Morgan fingerprint density at radius 2 is 2.17 bits per heavy atom. The molecule has 0 atom stereocenters. The molecule has 0 amide bonds. The highest BCUT2D eigenvalue weighted by Crippen LogP contribution is 2.40. The number of anilines is 1. The number of hydrogen-bond donors (Lipinski definition) is 1. The number of nitrogens with one attached hydrogen (secondary N) is 1. The van der Waals surface area contributed by atoms with Gasteiger partial charge in [-0.05, 0) is 6.07 Å². The average molecular weight is 249 g/mol. The number of hydrogen-bond acceptors (Lipinski definition) is 5. The lowest BCUT2D eigenvalue weighted by molar-refractivity contribution is -0.385. The lowest BCUT2D eigenvalue weighted by atomic mass is 9.74. The molecule has 0 aromatic heterocycles. The van der Waals surface area contributed by atoms with Gasteiger partial charge in [-0.1, -0.05) is 0 Å². The Bertz CT molecular complexity index is 491. The second-order valence-electron chi connectivity index (χ2n) is 5.07. The Morgan fingerprint density at radius 3 is 2.67 bits per heavy atom. The second kappa shape index (κ2) is 3.84. The number of nitro benzene ring substituents is 1. The summed E-state index contributed by atoms with van der Waals surface area (Å²) in [5.74, 6) is 0.324. The fraction of sp³-hybridized carbons (Fsp3) is 0.500. The van der Waals surface area contributed by atoms with Crippen LogP contribution in [0.2, 0.25) is 0 Å². The van der Waals surface area contributed by atoms with Gasteiger partial charge in [0.1, 0.15) is 0 Å². The normalized spacial score (nSPS) is 20.2. The minimum absolute atomic E-state index is 0.0156. The van der Waals surface area contributed by atoms with Crippen LogP contribution >= 0.6 is 0 Å². The standard InChI is InChI=1S/C12H15N3O3/c1-18-11-4-9(2-3-10(11)15(16)17)14-7-12(8-14)5-13-6-12/h2-4,13H,5-8H2,1H3. The molecule has 1 N–H and O–H groups in total. The first-order chi connectivity index (χ1) is 8.63. The van der Waals surface area contributed by atoms with Gasteiger partial charge in [-0.3, -0.25) is 10.1 Å². The Labute approximate surface area is 105 Å². The predicted molar refractivity (Wildman–Crippen MR) is 67.2 cm³/mol. The maximum Gasteiger partial charge on any atom is 0.311 e. The number of benzene rings is 1. The van der Waals surface area contributed by atoms with Crippen molar-refractivity contribution in [3.63, 3.8) is 0 Å². The van der Waals surface area contributed by atoms with Crippen LogP contribution in [0, 0.1) is 15.5 Å². The average Bonchev–Trinajstić information content (AvgIpc) is 2.24. The van der Waals surface area contributed by atoms with Crippen LogP contribution < -0.4 is 15.0 Å². The molecule has 6 heteroatoms. The van der Waals surface area contributed by atoms with Crippen molar-refractivity contribution in [3.05, 3.63) is 28.3 Å². The topological polar surface area (TPSA) is 67.6 Å². The van der Waals surface area contributed by atoms with E-state index in [4.69, 9.17) is 4.74 Å². The zero-order chi connectivity index (χ0) is 12.8. The summed E-state index contributed by atoms with van der Waals surface area (Å²) in [6.07, 6.45) is 0. The van der Waals surface area contributed by atoms with Crippen LogP contribution in [0.25, 0.3) is 0 Å². The van der Waals surface area contributed by atoms with Crippen molar-refractivity contribution in [1.82, 2.24) is 5.32 Å². The molecule has 2 aliphatic rings. The molecular formula is C12H15N3O3. The quantitative estimate of drug-likeness (QED) is 0.639. The lowest BCUT2D eigenvalue weighted by Crippen LogP contribution is -2.71. The van der Waals surface area contributed by atoms with Crippen LogP contribution in [0.5, 0.6) is 5.75 Å².